The second-order valence-electron chi connectivity index (χ2n) is 11.1. The number of aromatic nitrogens is 4. The van der Waals surface area contributed by atoms with Crippen LogP contribution in [0.1, 0.15) is 35.7 Å². The van der Waals surface area contributed by atoms with Crippen LogP contribution in [0.15, 0.2) is 66.0 Å². The highest BCUT2D eigenvalue weighted by Crippen LogP contribution is 2.31. The van der Waals surface area contributed by atoms with Crippen LogP contribution in [0.25, 0.3) is 11.4 Å². The minimum absolute atomic E-state index is 0.0331. The van der Waals surface area contributed by atoms with Gasteiger partial charge in [0.1, 0.15) is 17.3 Å². The van der Waals surface area contributed by atoms with Gasteiger partial charge in [0.05, 0.1) is 19.3 Å². The molecular weight excluding hydrogens is 657 g/mol. The minimum Gasteiger partial charge on any atom is -0.497 e. The molecular formula is C31H33F3N6O7S. The molecule has 2 aromatic carbocycles. The van der Waals surface area contributed by atoms with E-state index in [9.17, 15) is 31.2 Å². The molecule has 0 radical (unpaired) electrons. The number of alkyl halides is 3. The van der Waals surface area contributed by atoms with Crippen molar-refractivity contribution < 1.29 is 45.8 Å². The van der Waals surface area contributed by atoms with Gasteiger partial charge in [-0.15, -0.1) is 0 Å². The van der Waals surface area contributed by atoms with Crippen molar-refractivity contribution in [2.24, 2.45) is 5.92 Å². The number of amides is 2. The zero-order valence-corrected chi connectivity index (χ0v) is 27.4. The Morgan fingerprint density at radius 2 is 1.60 bits per heavy atom. The SMILES string of the molecule is COc1ccc(-n2nc(S(C)(=O)=O)c3c2C(=O)N(c2ccc(-n4ccnc4CN(C)C(=O)C(C)C)cc2)CC3)cc1.O=C(O)C(F)(F)F. The molecule has 0 aliphatic carbocycles. The lowest BCUT2D eigenvalue weighted by atomic mass is 10.1. The molecule has 0 bridgehead atoms. The summed E-state index contributed by atoms with van der Waals surface area (Å²) in [6, 6.07) is 14.4. The number of carbonyl (C=O) groups is 3. The first kappa shape index (κ1) is 35.7. The zero-order valence-electron chi connectivity index (χ0n) is 26.6. The van der Waals surface area contributed by atoms with E-state index in [4.69, 9.17) is 14.6 Å². The number of carboxylic acid groups (broad SMARTS) is 1. The topological polar surface area (TPSA) is 157 Å². The van der Waals surface area contributed by atoms with Crippen molar-refractivity contribution in [3.63, 3.8) is 0 Å². The number of fused-ring (bicyclic) bond motifs is 1. The number of imidazole rings is 1. The third kappa shape index (κ3) is 7.67. The molecule has 0 fully saturated rings. The summed E-state index contributed by atoms with van der Waals surface area (Å²) in [5, 5.41) is 11.4. The van der Waals surface area contributed by atoms with Gasteiger partial charge in [-0.2, -0.15) is 18.3 Å². The van der Waals surface area contributed by atoms with Crippen LogP contribution in [-0.2, 0) is 32.4 Å². The molecule has 0 unspecified atom stereocenters. The van der Waals surface area contributed by atoms with Crippen molar-refractivity contribution >= 4 is 33.3 Å². The highest BCUT2D eigenvalue weighted by Gasteiger charge is 2.38. The van der Waals surface area contributed by atoms with E-state index in [2.05, 4.69) is 10.1 Å². The Labute approximate surface area is 274 Å². The van der Waals surface area contributed by atoms with Crippen LogP contribution in [0, 0.1) is 5.92 Å². The number of benzene rings is 2. The van der Waals surface area contributed by atoms with E-state index in [0.29, 0.717) is 48.0 Å². The van der Waals surface area contributed by atoms with E-state index >= 15 is 0 Å². The van der Waals surface area contributed by atoms with Gasteiger partial charge >= 0.3 is 12.1 Å². The average molecular weight is 691 g/mol. The Hall–Kier alpha value is -5.19. The fraction of sp³-hybridized carbons (Fsp3) is 0.323. The van der Waals surface area contributed by atoms with Gasteiger partial charge in [-0.1, -0.05) is 13.8 Å². The maximum absolute atomic E-state index is 13.9. The van der Waals surface area contributed by atoms with Crippen LogP contribution in [0.4, 0.5) is 18.9 Å². The predicted octanol–water partition coefficient (Wildman–Crippen LogP) is 3.92. The Morgan fingerprint density at radius 3 is 2.12 bits per heavy atom. The summed E-state index contributed by atoms with van der Waals surface area (Å²) in [6.45, 7) is 4.39. The molecule has 1 aliphatic heterocycles. The second kappa shape index (κ2) is 13.9. The van der Waals surface area contributed by atoms with Crippen molar-refractivity contribution in [2.75, 3.05) is 31.9 Å². The standard InChI is InChI=1S/C29H32N6O5S.C2HF3O2/c1-19(2)28(36)32(3)18-25-30-15-17-33(25)20-6-8-21(9-7-20)34-16-14-24-26(29(34)37)35(31-27(24)41(5,38)39)22-10-12-23(40-4)13-11-22;3-2(4,5)1(6)7/h6-13,15,17,19H,14,16,18H2,1-5H3;(H,6,7). The molecule has 4 aromatic rings. The summed E-state index contributed by atoms with van der Waals surface area (Å²) in [4.78, 5) is 42.8. The number of aliphatic carboxylic acids is 1. The van der Waals surface area contributed by atoms with Crippen LogP contribution in [0.2, 0.25) is 0 Å². The van der Waals surface area contributed by atoms with Crippen LogP contribution in [0.5, 0.6) is 5.75 Å². The molecule has 0 saturated heterocycles. The number of carbonyl (C=O) groups excluding carboxylic acids is 2. The quantitative estimate of drug-likeness (QED) is 0.290. The van der Waals surface area contributed by atoms with Crippen molar-refractivity contribution in [1.29, 1.82) is 0 Å². The van der Waals surface area contributed by atoms with Crippen LogP contribution >= 0.6 is 0 Å². The first-order valence-corrected chi connectivity index (χ1v) is 16.3. The first-order valence-electron chi connectivity index (χ1n) is 14.4. The number of methoxy groups -OCH3 is 1. The van der Waals surface area contributed by atoms with Gasteiger partial charge in [-0.05, 0) is 55.0 Å². The number of hydrogen-bond acceptors (Lipinski definition) is 8. The third-order valence-corrected chi connectivity index (χ3v) is 8.33. The maximum atomic E-state index is 13.9. The van der Waals surface area contributed by atoms with E-state index in [1.807, 2.05) is 48.9 Å². The lowest BCUT2D eigenvalue weighted by Gasteiger charge is -2.28. The monoisotopic (exact) mass is 690 g/mol. The highest BCUT2D eigenvalue weighted by molar-refractivity contribution is 7.90. The smallest absolute Gasteiger partial charge is 0.490 e. The third-order valence-electron chi connectivity index (χ3n) is 7.30. The fourth-order valence-electron chi connectivity index (χ4n) is 4.99. The number of halogens is 3. The Bertz CT molecular complexity index is 1920. The molecule has 1 aliphatic rings. The van der Waals surface area contributed by atoms with Gasteiger partial charge in [0.25, 0.3) is 5.91 Å². The van der Waals surface area contributed by atoms with Gasteiger partial charge in [0.2, 0.25) is 5.91 Å². The van der Waals surface area contributed by atoms with Gasteiger partial charge in [-0.25, -0.2) is 22.9 Å². The summed E-state index contributed by atoms with van der Waals surface area (Å²) in [7, 11) is -0.353. The van der Waals surface area contributed by atoms with Crippen LogP contribution in [0.3, 0.4) is 0 Å². The summed E-state index contributed by atoms with van der Waals surface area (Å²) in [5.74, 6) is -1.83. The van der Waals surface area contributed by atoms with Crippen molar-refractivity contribution in [1.82, 2.24) is 24.2 Å². The second-order valence-corrected chi connectivity index (χ2v) is 13.0. The maximum Gasteiger partial charge on any atom is 0.490 e. The predicted molar refractivity (Wildman–Crippen MR) is 167 cm³/mol. The Morgan fingerprint density at radius 1 is 1.04 bits per heavy atom. The molecule has 5 rings (SSSR count). The molecule has 0 atom stereocenters. The van der Waals surface area contributed by atoms with E-state index in [0.717, 1.165) is 11.9 Å². The molecule has 3 heterocycles. The lowest BCUT2D eigenvalue weighted by Crippen LogP contribution is -2.39. The largest absolute Gasteiger partial charge is 0.497 e. The molecule has 17 heteroatoms. The number of sulfone groups is 1. The first-order chi connectivity index (χ1) is 22.4. The molecule has 256 valence electrons. The number of carboxylic acids is 1. The van der Waals surface area contributed by atoms with Gasteiger partial charge < -0.3 is 24.2 Å². The van der Waals surface area contributed by atoms with E-state index in [1.54, 1.807) is 54.4 Å². The molecule has 48 heavy (non-hydrogen) atoms. The fourth-order valence-corrected chi connectivity index (χ4v) is 5.87. The van der Waals surface area contributed by atoms with Crippen molar-refractivity contribution in [2.45, 2.75) is 38.0 Å². The van der Waals surface area contributed by atoms with E-state index in [-0.39, 0.29) is 28.5 Å². The number of rotatable bonds is 8. The zero-order chi connectivity index (χ0) is 35.6. The van der Waals surface area contributed by atoms with E-state index < -0.39 is 22.0 Å². The average Bonchev–Trinajstić information content (AvgIpc) is 3.66. The summed E-state index contributed by atoms with van der Waals surface area (Å²) < 4.78 is 65.4. The van der Waals surface area contributed by atoms with Gasteiger partial charge in [0, 0.05) is 55.1 Å². The van der Waals surface area contributed by atoms with Crippen LogP contribution in [-0.4, -0.2) is 88.7 Å². The Kier molecular flexibility index (Phi) is 10.3. The number of ether oxygens (including phenoxy) is 1. The lowest BCUT2D eigenvalue weighted by molar-refractivity contribution is -0.192. The molecule has 0 saturated carbocycles. The Balaban J connectivity index is 0.000000671. The molecule has 0 spiro atoms. The summed E-state index contributed by atoms with van der Waals surface area (Å²) in [6.07, 6.45) is -0.128. The summed E-state index contributed by atoms with van der Waals surface area (Å²) >= 11 is 0. The van der Waals surface area contributed by atoms with Gasteiger partial charge in [-0.3, -0.25) is 9.59 Å². The summed E-state index contributed by atoms with van der Waals surface area (Å²) in [5.41, 5.74) is 2.70. The minimum atomic E-state index is -5.08. The van der Waals surface area contributed by atoms with Gasteiger partial charge in [0.15, 0.2) is 14.9 Å². The molecule has 2 amide bonds. The number of hydrogen-bond donors (Lipinski definition) is 1. The number of nitrogens with zero attached hydrogens (tertiary/aromatic N) is 6. The van der Waals surface area contributed by atoms with Crippen molar-refractivity contribution in [3.8, 4) is 17.1 Å². The van der Waals surface area contributed by atoms with E-state index in [1.165, 1.54) is 4.68 Å². The van der Waals surface area contributed by atoms with Crippen LogP contribution < -0.4 is 9.64 Å². The normalized spacial score (nSPS) is 13.1. The van der Waals surface area contributed by atoms with Crippen molar-refractivity contribution in [3.05, 3.63) is 78.0 Å². The highest BCUT2D eigenvalue weighted by atomic mass is 32.2. The molecule has 13 nitrogen and oxygen atoms in total. The molecule has 2 aromatic heterocycles. The molecule has 1 N–H and O–H groups in total. The number of anilines is 1.